The number of H-pyrrole nitrogens is 1. The summed E-state index contributed by atoms with van der Waals surface area (Å²) >= 11 is 0. The number of hydrogen-bond donors (Lipinski definition) is 2. The third-order valence-corrected chi connectivity index (χ3v) is 6.23. The van der Waals surface area contributed by atoms with Crippen molar-refractivity contribution in [2.45, 2.75) is 6.92 Å². The van der Waals surface area contributed by atoms with Crippen LogP contribution >= 0.6 is 0 Å². The Hall–Kier alpha value is -4.42. The molecule has 2 heterocycles. The minimum Gasteiger partial charge on any atom is -0.478 e. The largest absolute Gasteiger partial charge is 0.478 e. The summed E-state index contributed by atoms with van der Waals surface area (Å²) in [6.07, 6.45) is 0. The van der Waals surface area contributed by atoms with E-state index in [1.807, 2.05) is 4.90 Å². The van der Waals surface area contributed by atoms with Gasteiger partial charge in [-0.05, 0) is 54.4 Å². The van der Waals surface area contributed by atoms with Gasteiger partial charge >= 0.3 is 5.97 Å². The van der Waals surface area contributed by atoms with E-state index in [-0.39, 0.29) is 33.9 Å². The van der Waals surface area contributed by atoms with E-state index < -0.39 is 17.6 Å². The van der Waals surface area contributed by atoms with Gasteiger partial charge in [0.1, 0.15) is 29.0 Å². The highest BCUT2D eigenvalue weighted by molar-refractivity contribution is 5.93. The maximum atomic E-state index is 15.1. The highest BCUT2D eigenvalue weighted by Gasteiger charge is 2.21. The van der Waals surface area contributed by atoms with Crippen molar-refractivity contribution < 1.29 is 28.2 Å². The normalized spacial score (nSPS) is 13.6. The molecule has 1 aliphatic heterocycles. The van der Waals surface area contributed by atoms with Crippen molar-refractivity contribution in [2.75, 3.05) is 31.2 Å². The Morgan fingerprint density at radius 1 is 1.11 bits per heavy atom. The number of rotatable bonds is 5. The molecule has 0 unspecified atom stereocenters. The average Bonchev–Trinajstić information content (AvgIpc) is 3.21. The van der Waals surface area contributed by atoms with Gasteiger partial charge in [-0.2, -0.15) is 5.26 Å². The summed E-state index contributed by atoms with van der Waals surface area (Å²) in [4.78, 5) is 16.3. The smallest absolute Gasteiger partial charge is 0.336 e. The molecule has 1 fully saturated rings. The molecule has 0 spiro atoms. The lowest BCUT2D eigenvalue weighted by Gasteiger charge is -2.29. The van der Waals surface area contributed by atoms with Crippen LogP contribution in [0.4, 0.5) is 14.5 Å². The van der Waals surface area contributed by atoms with Gasteiger partial charge < -0.3 is 24.5 Å². The predicted molar refractivity (Wildman–Crippen MR) is 130 cm³/mol. The Balaban J connectivity index is 1.52. The lowest BCUT2D eigenvalue weighted by Crippen LogP contribution is -2.36. The van der Waals surface area contributed by atoms with Crippen molar-refractivity contribution >= 4 is 22.6 Å². The molecule has 0 radical (unpaired) electrons. The fourth-order valence-electron chi connectivity index (χ4n) is 4.36. The quantitative estimate of drug-likeness (QED) is 0.378. The molecule has 1 aliphatic rings. The summed E-state index contributed by atoms with van der Waals surface area (Å²) in [5.41, 5.74) is 1.85. The van der Waals surface area contributed by atoms with Crippen LogP contribution in [-0.2, 0) is 4.74 Å². The summed E-state index contributed by atoms with van der Waals surface area (Å²) in [7, 11) is 0. The molecule has 1 saturated heterocycles. The Labute approximate surface area is 205 Å². The number of nitriles is 1. The van der Waals surface area contributed by atoms with Crippen LogP contribution in [0.5, 0.6) is 11.6 Å². The third kappa shape index (κ3) is 4.23. The number of ether oxygens (including phenoxy) is 2. The van der Waals surface area contributed by atoms with E-state index in [0.29, 0.717) is 48.5 Å². The summed E-state index contributed by atoms with van der Waals surface area (Å²) in [6, 6.07) is 14.0. The number of nitrogens with one attached hydrogen (secondary N) is 1. The molecule has 2 N–H and O–H groups in total. The Morgan fingerprint density at radius 3 is 2.50 bits per heavy atom. The van der Waals surface area contributed by atoms with Crippen molar-refractivity contribution in [1.29, 1.82) is 5.26 Å². The number of aromatic nitrogens is 1. The number of anilines is 1. The zero-order valence-electron chi connectivity index (χ0n) is 19.3. The number of aromatic carboxylic acids is 1. The van der Waals surface area contributed by atoms with E-state index >= 15 is 8.78 Å². The number of carboxylic acid groups (broad SMARTS) is 1. The summed E-state index contributed by atoms with van der Waals surface area (Å²) in [6.45, 7) is 3.77. The van der Waals surface area contributed by atoms with E-state index in [1.165, 1.54) is 24.3 Å². The van der Waals surface area contributed by atoms with E-state index in [9.17, 15) is 15.2 Å². The standard InChI is InChI=1S/C27H21F2N3O4/c1-15-2-4-18(13-19(15)27(33)34)36-26-21(14-30)20-10-16(3-5-24(20)31-26)25-22(28)11-17(12-23(25)29)32-6-8-35-9-7-32/h2-5,10-13,31H,6-9H2,1H3,(H,33,34). The minimum absolute atomic E-state index is 0.0795. The minimum atomic E-state index is -1.09. The average molecular weight is 489 g/mol. The molecule has 182 valence electrons. The number of morpholine rings is 1. The van der Waals surface area contributed by atoms with Gasteiger partial charge in [-0.1, -0.05) is 12.1 Å². The van der Waals surface area contributed by atoms with Gasteiger partial charge in [-0.3, -0.25) is 0 Å². The zero-order chi connectivity index (χ0) is 25.4. The van der Waals surface area contributed by atoms with Gasteiger partial charge in [0, 0.05) is 29.7 Å². The molecule has 0 aliphatic carbocycles. The highest BCUT2D eigenvalue weighted by Crippen LogP contribution is 2.36. The van der Waals surface area contributed by atoms with Crippen LogP contribution < -0.4 is 9.64 Å². The van der Waals surface area contributed by atoms with Crippen LogP contribution in [-0.4, -0.2) is 42.4 Å². The maximum Gasteiger partial charge on any atom is 0.336 e. The van der Waals surface area contributed by atoms with Crippen LogP contribution in [0.2, 0.25) is 0 Å². The summed E-state index contributed by atoms with van der Waals surface area (Å²) in [5, 5.41) is 19.6. The molecule has 4 aromatic rings. The van der Waals surface area contributed by atoms with Gasteiger partial charge in [-0.25, -0.2) is 13.6 Å². The molecule has 0 saturated carbocycles. The fraction of sp³-hybridized carbons (Fsp3) is 0.185. The molecule has 0 atom stereocenters. The molecule has 7 nitrogen and oxygen atoms in total. The van der Waals surface area contributed by atoms with E-state index in [0.717, 1.165) is 0 Å². The number of fused-ring (bicyclic) bond motifs is 1. The van der Waals surface area contributed by atoms with Crippen LogP contribution in [0.15, 0.2) is 48.5 Å². The SMILES string of the molecule is Cc1ccc(Oc2[nH]c3ccc(-c4c(F)cc(N5CCOCC5)cc4F)cc3c2C#N)cc1C(=O)O. The first kappa shape index (κ1) is 23.3. The second-order valence-corrected chi connectivity index (χ2v) is 8.47. The van der Waals surface area contributed by atoms with Gasteiger partial charge in [0.05, 0.1) is 24.3 Å². The molecule has 0 amide bonds. The Morgan fingerprint density at radius 2 is 1.83 bits per heavy atom. The molecule has 3 aromatic carbocycles. The van der Waals surface area contributed by atoms with Crippen molar-refractivity contribution in [1.82, 2.24) is 4.98 Å². The Kier molecular flexibility index (Phi) is 6.04. The van der Waals surface area contributed by atoms with Crippen LogP contribution in [0, 0.1) is 29.9 Å². The van der Waals surface area contributed by atoms with Gasteiger partial charge in [0.2, 0.25) is 5.88 Å². The maximum absolute atomic E-state index is 15.1. The first-order valence-corrected chi connectivity index (χ1v) is 11.3. The molecule has 5 rings (SSSR count). The van der Waals surface area contributed by atoms with Crippen LogP contribution in [0.3, 0.4) is 0 Å². The molecular weight excluding hydrogens is 468 g/mol. The zero-order valence-corrected chi connectivity index (χ0v) is 19.3. The lowest BCUT2D eigenvalue weighted by atomic mass is 10.0. The van der Waals surface area contributed by atoms with Gasteiger partial charge in [0.25, 0.3) is 0 Å². The number of aromatic amines is 1. The highest BCUT2D eigenvalue weighted by atomic mass is 19.1. The van der Waals surface area contributed by atoms with Gasteiger partial charge in [-0.15, -0.1) is 0 Å². The van der Waals surface area contributed by atoms with E-state index in [2.05, 4.69) is 11.1 Å². The van der Waals surface area contributed by atoms with Crippen molar-refractivity contribution in [3.05, 3.63) is 76.9 Å². The van der Waals surface area contributed by atoms with Crippen LogP contribution in [0.25, 0.3) is 22.0 Å². The van der Waals surface area contributed by atoms with Crippen molar-refractivity contribution in [2.24, 2.45) is 0 Å². The second-order valence-electron chi connectivity index (χ2n) is 8.47. The van der Waals surface area contributed by atoms with Crippen LogP contribution in [0.1, 0.15) is 21.5 Å². The van der Waals surface area contributed by atoms with Crippen molar-refractivity contribution in [3.63, 3.8) is 0 Å². The predicted octanol–water partition coefficient (Wildman–Crippen LogP) is 5.62. The number of hydrogen-bond acceptors (Lipinski definition) is 5. The molecular formula is C27H21F2N3O4. The van der Waals surface area contributed by atoms with Crippen molar-refractivity contribution in [3.8, 4) is 28.8 Å². The van der Waals surface area contributed by atoms with E-state index in [4.69, 9.17) is 9.47 Å². The fourth-order valence-corrected chi connectivity index (χ4v) is 4.36. The van der Waals surface area contributed by atoms with E-state index in [1.54, 1.807) is 31.2 Å². The molecule has 36 heavy (non-hydrogen) atoms. The topological polar surface area (TPSA) is 98.6 Å². The number of nitrogens with zero attached hydrogens (tertiary/aromatic N) is 2. The third-order valence-electron chi connectivity index (χ3n) is 6.23. The second kappa shape index (κ2) is 9.32. The first-order valence-electron chi connectivity index (χ1n) is 11.3. The lowest BCUT2D eigenvalue weighted by molar-refractivity contribution is 0.0695. The number of halogens is 2. The summed E-state index contributed by atoms with van der Waals surface area (Å²) < 4.78 is 41.3. The number of carboxylic acids is 1. The molecule has 9 heteroatoms. The molecule has 0 bridgehead atoms. The monoisotopic (exact) mass is 489 g/mol. The Bertz CT molecular complexity index is 1510. The summed E-state index contributed by atoms with van der Waals surface area (Å²) in [5.74, 6) is -2.17. The first-order chi connectivity index (χ1) is 17.4. The van der Waals surface area contributed by atoms with Gasteiger partial charge in [0.15, 0.2) is 0 Å². The number of aryl methyl sites for hydroxylation is 1. The number of carbonyl (C=O) groups is 1. The molecule has 1 aromatic heterocycles. The number of benzene rings is 3.